The van der Waals surface area contributed by atoms with Crippen molar-refractivity contribution in [1.29, 1.82) is 0 Å². The van der Waals surface area contributed by atoms with E-state index in [4.69, 9.17) is 0 Å². The normalized spacial score (nSPS) is 12.2. The molecule has 0 aromatic heterocycles. The number of Topliss-reactive ketones (excluding diaryl/α,β-unsaturated/α-hetero) is 1. The van der Waals surface area contributed by atoms with E-state index < -0.39 is 30.1 Å². The monoisotopic (exact) mass is 398 g/mol. The van der Waals surface area contributed by atoms with Crippen molar-refractivity contribution >= 4 is 21.7 Å². The summed E-state index contributed by atoms with van der Waals surface area (Å²) in [4.78, 5) is 11.4. The highest BCUT2D eigenvalue weighted by molar-refractivity contribution is 9.10. The van der Waals surface area contributed by atoms with Crippen molar-refractivity contribution < 1.29 is 22.4 Å². The maximum absolute atomic E-state index is 13.2. The van der Waals surface area contributed by atoms with E-state index >= 15 is 0 Å². The molecule has 1 atom stereocenters. The van der Waals surface area contributed by atoms with Crippen LogP contribution < -0.4 is 0 Å². The van der Waals surface area contributed by atoms with Crippen LogP contribution in [0.4, 0.5) is 17.6 Å². The molecule has 0 saturated heterocycles. The highest BCUT2D eigenvalue weighted by atomic mass is 79.9. The number of hydrogen-bond acceptors (Lipinski definition) is 1. The molecule has 0 aliphatic carbocycles. The van der Waals surface area contributed by atoms with E-state index in [0.717, 1.165) is 0 Å². The first-order valence-corrected chi connectivity index (χ1v) is 7.68. The maximum Gasteiger partial charge on any atom is 0.450 e. The third kappa shape index (κ3) is 4.93. The van der Waals surface area contributed by atoms with Gasteiger partial charge in [0.1, 0.15) is 5.82 Å². The Kier molecular flexibility index (Phi) is 5.79. The third-order valence-corrected chi connectivity index (χ3v) is 3.92. The lowest BCUT2D eigenvalue weighted by Crippen LogP contribution is -2.24. The smallest absolute Gasteiger partial charge is 0.290 e. The molecule has 6 heteroatoms. The summed E-state index contributed by atoms with van der Waals surface area (Å²) in [5.74, 6) is 1.99. The second kappa shape index (κ2) is 7.63. The molecule has 0 saturated carbocycles. The van der Waals surface area contributed by atoms with Gasteiger partial charge in [-0.2, -0.15) is 13.2 Å². The fourth-order valence-corrected chi connectivity index (χ4v) is 2.60. The zero-order valence-corrected chi connectivity index (χ0v) is 13.8. The van der Waals surface area contributed by atoms with Crippen LogP contribution >= 0.6 is 15.9 Å². The Bertz CT molecular complexity index is 802. The van der Waals surface area contributed by atoms with Crippen molar-refractivity contribution in [2.75, 3.05) is 0 Å². The van der Waals surface area contributed by atoms with Crippen LogP contribution in [-0.2, 0) is 4.79 Å². The van der Waals surface area contributed by atoms with Crippen molar-refractivity contribution in [2.45, 2.75) is 18.5 Å². The molecule has 2 rings (SSSR count). The summed E-state index contributed by atoms with van der Waals surface area (Å²) in [6, 6.07) is 12.0. The van der Waals surface area contributed by atoms with E-state index in [1.165, 1.54) is 18.2 Å². The average molecular weight is 399 g/mol. The average Bonchev–Trinajstić information content (AvgIpc) is 2.51. The molecule has 0 bridgehead atoms. The van der Waals surface area contributed by atoms with Crippen LogP contribution in [0.2, 0.25) is 0 Å². The fraction of sp³-hybridized carbons (Fsp3) is 0.167. The fourth-order valence-electron chi connectivity index (χ4n) is 2.03. The molecule has 0 aliphatic rings. The van der Waals surface area contributed by atoms with Gasteiger partial charge in [0, 0.05) is 16.5 Å². The van der Waals surface area contributed by atoms with Gasteiger partial charge in [-0.25, -0.2) is 4.39 Å². The van der Waals surface area contributed by atoms with Crippen LogP contribution in [0.15, 0.2) is 53.0 Å². The molecular weight excluding hydrogens is 388 g/mol. The van der Waals surface area contributed by atoms with E-state index in [-0.39, 0.29) is 0 Å². The zero-order valence-electron chi connectivity index (χ0n) is 12.2. The van der Waals surface area contributed by atoms with Gasteiger partial charge >= 0.3 is 6.18 Å². The Morgan fingerprint density at radius 3 is 2.46 bits per heavy atom. The van der Waals surface area contributed by atoms with Crippen LogP contribution in [-0.4, -0.2) is 12.0 Å². The molecule has 0 radical (unpaired) electrons. The van der Waals surface area contributed by atoms with Gasteiger partial charge < -0.3 is 0 Å². The molecule has 2 aromatic carbocycles. The quantitative estimate of drug-likeness (QED) is 0.510. The molecule has 2 aromatic rings. The summed E-state index contributed by atoms with van der Waals surface area (Å²) < 4.78 is 51.5. The molecule has 124 valence electrons. The Morgan fingerprint density at radius 2 is 1.83 bits per heavy atom. The van der Waals surface area contributed by atoms with E-state index in [2.05, 4.69) is 27.8 Å². The largest absolute Gasteiger partial charge is 0.450 e. The molecule has 0 unspecified atom stereocenters. The molecule has 0 heterocycles. The minimum Gasteiger partial charge on any atom is -0.290 e. The number of carbonyl (C=O) groups is 1. The van der Waals surface area contributed by atoms with Crippen molar-refractivity contribution in [1.82, 2.24) is 0 Å². The Labute approximate surface area is 144 Å². The lowest BCUT2D eigenvalue weighted by Gasteiger charge is -2.13. The van der Waals surface area contributed by atoms with Crippen LogP contribution in [0.25, 0.3) is 0 Å². The lowest BCUT2D eigenvalue weighted by atomic mass is 9.93. The van der Waals surface area contributed by atoms with E-state index in [1.54, 1.807) is 30.3 Å². The molecule has 0 fully saturated rings. The predicted molar refractivity (Wildman–Crippen MR) is 85.8 cm³/mol. The predicted octanol–water partition coefficient (Wildman–Crippen LogP) is 5.25. The number of carbonyl (C=O) groups excluding carboxylic acids is 1. The molecule has 0 aliphatic heterocycles. The maximum atomic E-state index is 13.2. The number of rotatable bonds is 3. The standard InChI is InChI=1S/C18H11BrF4O/c19-16-7-2-1-6-15(16)13(11-17(24)18(21,22)23)9-8-12-4-3-5-14(20)10-12/h1-7,10,13H,11H2/t13-/m1/s1. The first-order chi connectivity index (χ1) is 11.3. The van der Waals surface area contributed by atoms with Crippen molar-refractivity contribution in [3.63, 3.8) is 0 Å². The number of hydrogen-bond donors (Lipinski definition) is 0. The van der Waals surface area contributed by atoms with Crippen molar-refractivity contribution in [2.24, 2.45) is 0 Å². The second-order valence-corrected chi connectivity index (χ2v) is 5.83. The summed E-state index contributed by atoms with van der Waals surface area (Å²) in [5.41, 5.74) is 0.797. The van der Waals surface area contributed by atoms with Crippen LogP contribution in [0.3, 0.4) is 0 Å². The van der Waals surface area contributed by atoms with Crippen molar-refractivity contribution in [3.05, 3.63) is 69.9 Å². The van der Waals surface area contributed by atoms with Gasteiger partial charge in [0.2, 0.25) is 5.78 Å². The molecule has 0 amide bonds. The number of alkyl halides is 3. The Morgan fingerprint density at radius 1 is 1.12 bits per heavy atom. The zero-order chi connectivity index (χ0) is 17.7. The highest BCUT2D eigenvalue weighted by Gasteiger charge is 2.39. The van der Waals surface area contributed by atoms with E-state index in [9.17, 15) is 22.4 Å². The summed E-state index contributed by atoms with van der Waals surface area (Å²) >= 11 is 3.25. The van der Waals surface area contributed by atoms with Crippen molar-refractivity contribution in [3.8, 4) is 11.8 Å². The summed E-state index contributed by atoms with van der Waals surface area (Å²) in [6.07, 6.45) is -5.71. The molecule has 1 nitrogen and oxygen atoms in total. The summed E-state index contributed by atoms with van der Waals surface area (Å²) in [5, 5.41) is 0. The minimum absolute atomic E-state index is 0.325. The van der Waals surface area contributed by atoms with E-state index in [0.29, 0.717) is 15.6 Å². The van der Waals surface area contributed by atoms with Crippen LogP contribution in [0, 0.1) is 17.7 Å². The number of halogens is 5. The molecule has 0 N–H and O–H groups in total. The SMILES string of the molecule is O=C(C[C@@H](C#Cc1cccc(F)c1)c1ccccc1Br)C(F)(F)F. The van der Waals surface area contributed by atoms with Gasteiger partial charge in [0.25, 0.3) is 0 Å². The van der Waals surface area contributed by atoms with Crippen LogP contribution in [0.5, 0.6) is 0 Å². The minimum atomic E-state index is -4.92. The van der Waals surface area contributed by atoms with Gasteiger partial charge in [-0.15, -0.1) is 0 Å². The van der Waals surface area contributed by atoms with Gasteiger partial charge in [-0.3, -0.25) is 4.79 Å². The van der Waals surface area contributed by atoms with Gasteiger partial charge in [-0.1, -0.05) is 52.0 Å². The first kappa shape index (κ1) is 18.2. The van der Waals surface area contributed by atoms with Crippen LogP contribution in [0.1, 0.15) is 23.5 Å². The number of ketones is 1. The Hall–Kier alpha value is -2.13. The molecular formula is C18H11BrF4O. The topological polar surface area (TPSA) is 17.1 Å². The summed E-state index contributed by atoms with van der Waals surface area (Å²) in [7, 11) is 0. The summed E-state index contributed by atoms with van der Waals surface area (Å²) in [6.45, 7) is 0. The Balaban J connectivity index is 2.37. The van der Waals surface area contributed by atoms with Gasteiger partial charge in [0.15, 0.2) is 0 Å². The molecule has 0 spiro atoms. The third-order valence-electron chi connectivity index (χ3n) is 3.20. The van der Waals surface area contributed by atoms with E-state index in [1.807, 2.05) is 0 Å². The number of benzene rings is 2. The van der Waals surface area contributed by atoms with Gasteiger partial charge in [-0.05, 0) is 29.8 Å². The highest BCUT2D eigenvalue weighted by Crippen LogP contribution is 2.30. The first-order valence-electron chi connectivity index (χ1n) is 6.89. The van der Waals surface area contributed by atoms with Gasteiger partial charge in [0.05, 0.1) is 5.92 Å². The lowest BCUT2D eigenvalue weighted by molar-refractivity contribution is -0.171. The molecule has 24 heavy (non-hydrogen) atoms. The second-order valence-electron chi connectivity index (χ2n) is 4.98.